The van der Waals surface area contributed by atoms with E-state index in [1.165, 1.54) is 0 Å². The third-order valence-corrected chi connectivity index (χ3v) is 4.89. The summed E-state index contributed by atoms with van der Waals surface area (Å²) in [5.41, 5.74) is 4.96. The second-order valence-electron chi connectivity index (χ2n) is 4.25. The minimum absolute atomic E-state index is 0.0665. The summed E-state index contributed by atoms with van der Waals surface area (Å²) in [4.78, 5) is 11.4. The number of carbonyl (C=O) groups excluding carboxylic acids is 1. The van der Waals surface area contributed by atoms with Gasteiger partial charge in [0, 0.05) is 6.42 Å². The fraction of sp³-hybridized carbons (Fsp3) is 0.889. The molecule has 0 amide bonds. The predicted molar refractivity (Wildman–Crippen MR) is 54.7 cm³/mol. The van der Waals surface area contributed by atoms with Gasteiger partial charge in [0.25, 0.3) is 0 Å². The molecule has 5 heteroatoms. The van der Waals surface area contributed by atoms with Gasteiger partial charge in [0.1, 0.15) is 0 Å². The summed E-state index contributed by atoms with van der Waals surface area (Å²) in [6.07, 6.45) is 1.47. The first-order chi connectivity index (χ1) is 6.28. The fourth-order valence-electron chi connectivity index (χ4n) is 1.13. The van der Waals surface area contributed by atoms with E-state index in [1.807, 2.05) is 0 Å². The Hall–Kier alpha value is -0.420. The molecule has 1 aliphatic carbocycles. The molecule has 0 radical (unpaired) electrons. The summed E-state index contributed by atoms with van der Waals surface area (Å²) < 4.78 is 22.8. The number of carbonyl (C=O) groups is 1. The molecule has 0 aromatic heterocycles. The lowest BCUT2D eigenvalue weighted by Gasteiger charge is -2.09. The molecule has 0 heterocycles. The maximum absolute atomic E-state index is 11.4. The third-order valence-electron chi connectivity index (χ3n) is 2.68. The molecule has 82 valence electrons. The van der Waals surface area contributed by atoms with Gasteiger partial charge in [0.15, 0.2) is 15.6 Å². The first kappa shape index (κ1) is 11.7. The Morgan fingerprint density at radius 2 is 1.93 bits per heavy atom. The number of Topliss-reactive ketones (excluding diaryl/α,β-unsaturated/α-hetero) is 1. The van der Waals surface area contributed by atoms with Gasteiger partial charge >= 0.3 is 0 Å². The predicted octanol–water partition coefficient (Wildman–Crippen LogP) is 0.260. The Morgan fingerprint density at radius 3 is 2.29 bits per heavy atom. The molecule has 0 spiro atoms. The number of hydrogen-bond donors (Lipinski definition) is 1. The minimum atomic E-state index is -3.10. The van der Waals surface area contributed by atoms with E-state index in [1.54, 1.807) is 13.8 Å². The van der Waals surface area contributed by atoms with Crippen molar-refractivity contribution in [2.45, 2.75) is 43.9 Å². The Balaban J connectivity index is 2.45. The Kier molecular flexibility index (Phi) is 3.02. The van der Waals surface area contributed by atoms with Crippen LogP contribution in [0.15, 0.2) is 0 Å². The van der Waals surface area contributed by atoms with Gasteiger partial charge in [0.05, 0.1) is 16.5 Å². The van der Waals surface area contributed by atoms with Crippen molar-refractivity contribution in [3.05, 3.63) is 0 Å². The van der Waals surface area contributed by atoms with Gasteiger partial charge in [0.2, 0.25) is 0 Å². The van der Waals surface area contributed by atoms with E-state index in [0.717, 1.165) is 0 Å². The summed E-state index contributed by atoms with van der Waals surface area (Å²) in [6.45, 7) is 3.24. The molecule has 1 aliphatic rings. The minimum Gasteiger partial charge on any atom is -0.319 e. The SMILES string of the molecule is CC(C)S(=O)(=O)CCC(=O)C1(N)CC1. The van der Waals surface area contributed by atoms with Crippen molar-refractivity contribution in [2.24, 2.45) is 5.73 Å². The van der Waals surface area contributed by atoms with Crippen LogP contribution in [0.3, 0.4) is 0 Å². The van der Waals surface area contributed by atoms with E-state index in [9.17, 15) is 13.2 Å². The van der Waals surface area contributed by atoms with Crippen LogP contribution in [0.2, 0.25) is 0 Å². The first-order valence-electron chi connectivity index (χ1n) is 4.82. The van der Waals surface area contributed by atoms with Gasteiger partial charge in [-0.3, -0.25) is 4.79 Å². The second-order valence-corrected chi connectivity index (χ2v) is 6.92. The van der Waals surface area contributed by atoms with Crippen molar-refractivity contribution in [3.8, 4) is 0 Å². The van der Waals surface area contributed by atoms with Crippen molar-refractivity contribution >= 4 is 15.6 Å². The monoisotopic (exact) mass is 219 g/mol. The highest BCUT2D eigenvalue weighted by atomic mass is 32.2. The van der Waals surface area contributed by atoms with Crippen LogP contribution in [0.1, 0.15) is 33.1 Å². The summed E-state index contributed by atoms with van der Waals surface area (Å²) in [5, 5.41) is -0.414. The summed E-state index contributed by atoms with van der Waals surface area (Å²) >= 11 is 0. The topological polar surface area (TPSA) is 77.2 Å². The molecule has 1 fully saturated rings. The lowest BCUT2D eigenvalue weighted by Crippen LogP contribution is -2.34. The molecular weight excluding hydrogens is 202 g/mol. The van der Waals surface area contributed by atoms with Crippen LogP contribution in [-0.2, 0) is 14.6 Å². The van der Waals surface area contributed by atoms with E-state index in [0.29, 0.717) is 12.8 Å². The van der Waals surface area contributed by atoms with Crippen molar-refractivity contribution in [2.75, 3.05) is 5.75 Å². The highest BCUT2D eigenvalue weighted by molar-refractivity contribution is 7.91. The van der Waals surface area contributed by atoms with E-state index in [4.69, 9.17) is 5.73 Å². The van der Waals surface area contributed by atoms with Crippen molar-refractivity contribution in [3.63, 3.8) is 0 Å². The largest absolute Gasteiger partial charge is 0.319 e. The van der Waals surface area contributed by atoms with Crippen LogP contribution >= 0.6 is 0 Å². The quantitative estimate of drug-likeness (QED) is 0.719. The summed E-state index contributed by atoms with van der Waals surface area (Å²) in [5.74, 6) is -0.177. The van der Waals surface area contributed by atoms with Gasteiger partial charge < -0.3 is 5.73 Å². The molecule has 0 aromatic carbocycles. The summed E-state index contributed by atoms with van der Waals surface area (Å²) in [7, 11) is -3.10. The second kappa shape index (κ2) is 3.62. The molecular formula is C9H17NO3S. The average molecular weight is 219 g/mol. The number of rotatable bonds is 5. The van der Waals surface area contributed by atoms with E-state index < -0.39 is 20.6 Å². The standard InChI is InChI=1S/C9H17NO3S/c1-7(2)14(12,13)6-3-8(11)9(10)4-5-9/h7H,3-6,10H2,1-2H3. The lowest BCUT2D eigenvalue weighted by molar-refractivity contribution is -0.120. The molecule has 0 aliphatic heterocycles. The molecule has 0 bridgehead atoms. The zero-order chi connectivity index (χ0) is 11.0. The first-order valence-corrected chi connectivity index (χ1v) is 6.53. The highest BCUT2D eigenvalue weighted by Gasteiger charge is 2.45. The summed E-state index contributed by atoms with van der Waals surface area (Å²) in [6, 6.07) is 0. The van der Waals surface area contributed by atoms with E-state index >= 15 is 0 Å². The number of hydrogen-bond acceptors (Lipinski definition) is 4. The number of nitrogens with two attached hydrogens (primary N) is 1. The highest BCUT2D eigenvalue weighted by Crippen LogP contribution is 2.34. The third kappa shape index (κ3) is 2.54. The average Bonchev–Trinajstić information content (AvgIpc) is 2.80. The lowest BCUT2D eigenvalue weighted by atomic mass is 10.1. The number of ketones is 1. The zero-order valence-electron chi connectivity index (χ0n) is 8.62. The Bertz CT molecular complexity index is 328. The fourth-order valence-corrected chi connectivity index (χ4v) is 2.07. The zero-order valence-corrected chi connectivity index (χ0v) is 9.43. The van der Waals surface area contributed by atoms with Crippen molar-refractivity contribution in [1.29, 1.82) is 0 Å². The van der Waals surface area contributed by atoms with Gasteiger partial charge in [-0.2, -0.15) is 0 Å². The van der Waals surface area contributed by atoms with Crippen LogP contribution < -0.4 is 5.73 Å². The van der Waals surface area contributed by atoms with Crippen LogP contribution in [0.4, 0.5) is 0 Å². The number of sulfone groups is 1. The van der Waals surface area contributed by atoms with Crippen LogP contribution in [0.25, 0.3) is 0 Å². The van der Waals surface area contributed by atoms with Crippen LogP contribution in [0, 0.1) is 0 Å². The maximum Gasteiger partial charge on any atom is 0.153 e. The molecule has 4 nitrogen and oxygen atoms in total. The van der Waals surface area contributed by atoms with Crippen LogP contribution in [-0.4, -0.2) is 30.7 Å². The van der Waals surface area contributed by atoms with Gasteiger partial charge in [-0.25, -0.2) is 8.42 Å². The normalized spacial score (nSPS) is 19.7. The van der Waals surface area contributed by atoms with Crippen molar-refractivity contribution < 1.29 is 13.2 Å². The van der Waals surface area contributed by atoms with Gasteiger partial charge in [-0.15, -0.1) is 0 Å². The molecule has 0 atom stereocenters. The van der Waals surface area contributed by atoms with E-state index in [2.05, 4.69) is 0 Å². The smallest absolute Gasteiger partial charge is 0.153 e. The Morgan fingerprint density at radius 1 is 1.43 bits per heavy atom. The molecule has 14 heavy (non-hydrogen) atoms. The van der Waals surface area contributed by atoms with E-state index in [-0.39, 0.29) is 18.0 Å². The van der Waals surface area contributed by atoms with Gasteiger partial charge in [-0.1, -0.05) is 0 Å². The molecule has 0 saturated heterocycles. The Labute approximate surface area is 84.8 Å². The molecule has 0 aromatic rings. The van der Waals surface area contributed by atoms with Gasteiger partial charge in [-0.05, 0) is 26.7 Å². The molecule has 2 N–H and O–H groups in total. The molecule has 0 unspecified atom stereocenters. The van der Waals surface area contributed by atoms with Crippen molar-refractivity contribution in [1.82, 2.24) is 0 Å². The molecule has 1 rings (SSSR count). The van der Waals surface area contributed by atoms with Crippen LogP contribution in [0.5, 0.6) is 0 Å². The maximum atomic E-state index is 11.4. The molecule has 1 saturated carbocycles.